The van der Waals surface area contributed by atoms with E-state index in [0.29, 0.717) is 10.7 Å². The summed E-state index contributed by atoms with van der Waals surface area (Å²) in [7, 11) is 0. The van der Waals surface area contributed by atoms with Gasteiger partial charge in [-0.05, 0) is 40.8 Å². The third-order valence-electron chi connectivity index (χ3n) is 2.69. The average Bonchev–Trinajstić information content (AvgIpc) is 2.44. The number of nitrogen functional groups attached to an aromatic ring is 1. The minimum absolute atomic E-state index is 0.137. The maximum atomic E-state index is 12.7. The summed E-state index contributed by atoms with van der Waals surface area (Å²) in [6.07, 6.45) is -4.60. The fraction of sp³-hybridized carbons (Fsp3) is 0.0833. The van der Waals surface area contributed by atoms with Crippen molar-refractivity contribution in [1.82, 2.24) is 9.78 Å². The number of aromatic nitrogens is 2. The first-order valence-corrected chi connectivity index (χ1v) is 6.70. The van der Waals surface area contributed by atoms with Crippen LogP contribution in [-0.4, -0.2) is 20.9 Å². The van der Waals surface area contributed by atoms with E-state index in [-0.39, 0.29) is 14.9 Å². The molecule has 2 aromatic rings. The molecule has 0 aliphatic carbocycles. The Hall–Kier alpha value is -2.11. The Balaban J connectivity index is 2.73. The van der Waals surface area contributed by atoms with Crippen molar-refractivity contribution in [3.63, 3.8) is 0 Å². The van der Waals surface area contributed by atoms with Crippen molar-refractivity contribution >= 4 is 34.2 Å². The number of halogens is 4. The zero-order valence-corrected chi connectivity index (χ0v) is 12.7. The Kier molecular flexibility index (Phi) is 4.13. The topological polar surface area (TPSA) is 98.2 Å². The van der Waals surface area contributed by atoms with E-state index in [1.807, 2.05) is 0 Å². The lowest BCUT2D eigenvalue weighted by molar-refractivity contribution is -0.137. The molecular formula is C12H7F3IN3O3. The minimum Gasteiger partial charge on any atom is -0.476 e. The van der Waals surface area contributed by atoms with Gasteiger partial charge in [-0.3, -0.25) is 4.79 Å². The summed E-state index contributed by atoms with van der Waals surface area (Å²) < 4.78 is 38.6. The van der Waals surface area contributed by atoms with E-state index in [4.69, 9.17) is 10.8 Å². The van der Waals surface area contributed by atoms with E-state index in [1.54, 1.807) is 0 Å². The van der Waals surface area contributed by atoms with Gasteiger partial charge in [-0.2, -0.15) is 23.0 Å². The van der Waals surface area contributed by atoms with Gasteiger partial charge in [0.15, 0.2) is 5.69 Å². The van der Waals surface area contributed by atoms with Gasteiger partial charge in [0.2, 0.25) is 0 Å². The molecule has 1 aromatic heterocycles. The number of benzene rings is 1. The van der Waals surface area contributed by atoms with Crippen LogP contribution in [0, 0.1) is 3.57 Å². The molecule has 0 aliphatic rings. The summed E-state index contributed by atoms with van der Waals surface area (Å²) in [4.78, 5) is 23.1. The van der Waals surface area contributed by atoms with Crippen molar-refractivity contribution in [3.8, 4) is 5.69 Å². The van der Waals surface area contributed by atoms with Crippen LogP contribution in [-0.2, 0) is 6.18 Å². The molecule has 0 radical (unpaired) electrons. The predicted molar refractivity (Wildman–Crippen MR) is 78.9 cm³/mol. The van der Waals surface area contributed by atoms with Gasteiger partial charge in [0.1, 0.15) is 3.57 Å². The van der Waals surface area contributed by atoms with Gasteiger partial charge in [-0.15, -0.1) is 0 Å². The Bertz CT molecular complexity index is 817. The quantitative estimate of drug-likeness (QED) is 0.719. The normalized spacial score (nSPS) is 11.5. The van der Waals surface area contributed by atoms with Gasteiger partial charge in [0.25, 0.3) is 5.56 Å². The number of aromatic carboxylic acids is 1. The van der Waals surface area contributed by atoms with E-state index in [0.717, 1.165) is 12.1 Å². The molecule has 0 spiro atoms. The average molecular weight is 425 g/mol. The summed E-state index contributed by atoms with van der Waals surface area (Å²) in [5, 5.41) is 12.5. The van der Waals surface area contributed by atoms with Crippen LogP contribution >= 0.6 is 22.6 Å². The Morgan fingerprint density at radius 2 is 2.00 bits per heavy atom. The molecule has 10 heteroatoms. The number of carbonyl (C=O) groups is 1. The smallest absolute Gasteiger partial charge is 0.416 e. The molecule has 0 saturated heterocycles. The number of carboxylic acids is 1. The fourth-order valence-corrected chi connectivity index (χ4v) is 2.14. The van der Waals surface area contributed by atoms with Crippen LogP contribution in [0.1, 0.15) is 16.1 Å². The Labute approximate surface area is 134 Å². The molecule has 0 amide bonds. The van der Waals surface area contributed by atoms with Crippen molar-refractivity contribution in [2.45, 2.75) is 6.18 Å². The third-order valence-corrected chi connectivity index (χ3v) is 3.73. The highest BCUT2D eigenvalue weighted by Gasteiger charge is 2.31. The first-order valence-electron chi connectivity index (χ1n) is 5.62. The highest BCUT2D eigenvalue weighted by molar-refractivity contribution is 14.1. The second-order valence-corrected chi connectivity index (χ2v) is 5.23. The molecule has 0 aliphatic heterocycles. The number of hydrogen-bond acceptors (Lipinski definition) is 4. The van der Waals surface area contributed by atoms with Crippen LogP contribution < -0.4 is 11.3 Å². The number of alkyl halides is 3. The number of nitrogens with two attached hydrogens (primary N) is 1. The second-order valence-electron chi connectivity index (χ2n) is 4.15. The summed E-state index contributed by atoms with van der Waals surface area (Å²) in [5.41, 5.74) is 2.55. The number of nitrogens with zero attached hydrogens (tertiary/aromatic N) is 2. The molecule has 1 aromatic carbocycles. The molecule has 6 nitrogen and oxygen atoms in total. The fourth-order valence-electron chi connectivity index (χ4n) is 1.66. The lowest BCUT2D eigenvalue weighted by atomic mass is 10.2. The van der Waals surface area contributed by atoms with Gasteiger partial charge >= 0.3 is 12.1 Å². The van der Waals surface area contributed by atoms with Gasteiger partial charge < -0.3 is 10.8 Å². The summed E-state index contributed by atoms with van der Waals surface area (Å²) in [5.74, 6) is -1.49. The predicted octanol–water partition coefficient (Wildman–Crippen LogP) is 2.14. The first-order chi connectivity index (χ1) is 10.1. The monoisotopic (exact) mass is 425 g/mol. The molecule has 0 bridgehead atoms. The molecule has 22 heavy (non-hydrogen) atoms. The van der Waals surface area contributed by atoms with E-state index in [1.165, 1.54) is 28.7 Å². The molecular weight excluding hydrogens is 418 g/mol. The highest BCUT2D eigenvalue weighted by atomic mass is 127. The Morgan fingerprint density at radius 3 is 2.55 bits per heavy atom. The van der Waals surface area contributed by atoms with Gasteiger partial charge in [0, 0.05) is 0 Å². The molecule has 1 heterocycles. The third kappa shape index (κ3) is 2.91. The van der Waals surface area contributed by atoms with Crippen LogP contribution in [0.25, 0.3) is 5.69 Å². The second kappa shape index (κ2) is 5.59. The molecule has 116 valence electrons. The van der Waals surface area contributed by atoms with E-state index in [9.17, 15) is 22.8 Å². The van der Waals surface area contributed by atoms with E-state index < -0.39 is 29.0 Å². The first kappa shape index (κ1) is 16.3. The standard InChI is InChI=1S/C12H7F3IN3O3/c13-12(14,15)5-2-1-3-6(4-5)19-10(20)7(16)8(17)9(18-19)11(21)22/h1-4H,17H2,(H,21,22). The lowest BCUT2D eigenvalue weighted by Gasteiger charge is -2.11. The van der Waals surface area contributed by atoms with Crippen LogP contribution in [0.4, 0.5) is 18.9 Å². The maximum absolute atomic E-state index is 12.7. The largest absolute Gasteiger partial charge is 0.476 e. The van der Waals surface area contributed by atoms with Gasteiger partial charge in [-0.1, -0.05) is 6.07 Å². The number of anilines is 1. The zero-order chi connectivity index (χ0) is 16.7. The molecule has 0 fully saturated rings. The van der Waals surface area contributed by atoms with E-state index >= 15 is 0 Å². The SMILES string of the molecule is Nc1c(C(=O)O)nn(-c2cccc(C(F)(F)F)c2)c(=O)c1I. The van der Waals surface area contributed by atoms with Gasteiger partial charge in [0.05, 0.1) is 16.9 Å². The molecule has 3 N–H and O–H groups in total. The van der Waals surface area contributed by atoms with Crippen molar-refractivity contribution in [1.29, 1.82) is 0 Å². The van der Waals surface area contributed by atoms with Crippen molar-refractivity contribution in [2.75, 3.05) is 5.73 Å². The molecule has 0 saturated carbocycles. The van der Waals surface area contributed by atoms with Crippen LogP contribution in [0.2, 0.25) is 0 Å². The molecule has 0 atom stereocenters. The lowest BCUT2D eigenvalue weighted by Crippen LogP contribution is -2.28. The minimum atomic E-state index is -4.60. The highest BCUT2D eigenvalue weighted by Crippen LogP contribution is 2.30. The van der Waals surface area contributed by atoms with Crippen molar-refractivity contribution in [3.05, 3.63) is 49.4 Å². The zero-order valence-electron chi connectivity index (χ0n) is 10.6. The van der Waals surface area contributed by atoms with Crippen LogP contribution in [0.5, 0.6) is 0 Å². The summed E-state index contributed by atoms with van der Waals surface area (Å²) in [6.45, 7) is 0. The summed E-state index contributed by atoms with van der Waals surface area (Å²) >= 11 is 1.52. The molecule has 2 rings (SSSR count). The van der Waals surface area contributed by atoms with E-state index in [2.05, 4.69) is 5.10 Å². The van der Waals surface area contributed by atoms with Crippen LogP contribution in [0.15, 0.2) is 29.1 Å². The summed E-state index contributed by atoms with van der Waals surface area (Å²) in [6, 6.07) is 3.83. The van der Waals surface area contributed by atoms with Crippen molar-refractivity contribution < 1.29 is 23.1 Å². The maximum Gasteiger partial charge on any atom is 0.416 e. The Morgan fingerprint density at radius 1 is 1.36 bits per heavy atom. The molecule has 0 unspecified atom stereocenters. The van der Waals surface area contributed by atoms with Crippen LogP contribution in [0.3, 0.4) is 0 Å². The van der Waals surface area contributed by atoms with Gasteiger partial charge in [-0.25, -0.2) is 4.79 Å². The number of carboxylic acid groups (broad SMARTS) is 1. The number of hydrogen-bond donors (Lipinski definition) is 2. The number of rotatable bonds is 2. The van der Waals surface area contributed by atoms with Crippen molar-refractivity contribution in [2.24, 2.45) is 0 Å².